The molecule has 1 aromatic rings. The largest absolute Gasteiger partial charge is 0.452 e. The number of hydrogen-bond donors (Lipinski definition) is 0. The summed E-state index contributed by atoms with van der Waals surface area (Å²) in [5.74, 6) is -0.547. The standard InChI is InChI=1S/C13H10Cl2O2/c14-11-10(17-13(16)12(11)15)8-4-7-9-5-2-1-3-6-9/h1-7,10H,8H2/b7-4+. The number of hydrogen-bond acceptors (Lipinski definition) is 2. The van der Waals surface area contributed by atoms with Crippen LogP contribution in [-0.2, 0) is 9.53 Å². The molecule has 1 atom stereocenters. The van der Waals surface area contributed by atoms with Crippen LogP contribution in [0.4, 0.5) is 0 Å². The number of rotatable bonds is 3. The van der Waals surface area contributed by atoms with Gasteiger partial charge in [-0.3, -0.25) is 0 Å². The van der Waals surface area contributed by atoms with Gasteiger partial charge in [0.15, 0.2) is 0 Å². The highest BCUT2D eigenvalue weighted by atomic mass is 35.5. The highest BCUT2D eigenvalue weighted by Gasteiger charge is 2.30. The Morgan fingerprint density at radius 2 is 1.94 bits per heavy atom. The predicted molar refractivity (Wildman–Crippen MR) is 68.7 cm³/mol. The predicted octanol–water partition coefficient (Wildman–Crippen LogP) is 3.70. The molecular weight excluding hydrogens is 259 g/mol. The number of ether oxygens (including phenoxy) is 1. The first-order chi connectivity index (χ1) is 8.18. The van der Waals surface area contributed by atoms with E-state index in [1.165, 1.54) is 0 Å². The molecule has 1 aliphatic rings. The van der Waals surface area contributed by atoms with Crippen molar-refractivity contribution >= 4 is 35.2 Å². The van der Waals surface area contributed by atoms with Crippen LogP contribution in [0.1, 0.15) is 12.0 Å². The molecule has 17 heavy (non-hydrogen) atoms. The molecule has 88 valence electrons. The van der Waals surface area contributed by atoms with Crippen LogP contribution in [0.25, 0.3) is 6.08 Å². The Bertz CT molecular complexity index is 477. The van der Waals surface area contributed by atoms with Gasteiger partial charge in [-0.05, 0) is 5.56 Å². The molecule has 0 saturated heterocycles. The van der Waals surface area contributed by atoms with Crippen LogP contribution in [0.3, 0.4) is 0 Å². The molecule has 0 N–H and O–H groups in total. The summed E-state index contributed by atoms with van der Waals surface area (Å²) in [7, 11) is 0. The Morgan fingerprint density at radius 3 is 2.53 bits per heavy atom. The fourth-order valence-corrected chi connectivity index (χ4v) is 1.89. The van der Waals surface area contributed by atoms with Gasteiger partial charge in [-0.15, -0.1) is 0 Å². The van der Waals surface area contributed by atoms with Crippen LogP contribution >= 0.6 is 23.2 Å². The van der Waals surface area contributed by atoms with Crippen molar-refractivity contribution in [2.24, 2.45) is 0 Å². The molecule has 1 heterocycles. The van der Waals surface area contributed by atoms with Gasteiger partial charge in [0, 0.05) is 6.42 Å². The van der Waals surface area contributed by atoms with Gasteiger partial charge in [-0.1, -0.05) is 65.7 Å². The summed E-state index contributed by atoms with van der Waals surface area (Å²) >= 11 is 11.5. The molecule has 0 aliphatic carbocycles. The van der Waals surface area contributed by atoms with E-state index in [0.717, 1.165) is 5.56 Å². The zero-order valence-corrected chi connectivity index (χ0v) is 10.4. The summed E-state index contributed by atoms with van der Waals surface area (Å²) in [6.07, 6.45) is 3.93. The van der Waals surface area contributed by atoms with Gasteiger partial charge in [-0.25, -0.2) is 4.79 Å². The van der Waals surface area contributed by atoms with E-state index in [4.69, 9.17) is 27.9 Å². The summed E-state index contributed by atoms with van der Waals surface area (Å²) in [4.78, 5) is 11.1. The number of halogens is 2. The molecular formula is C13H10Cl2O2. The van der Waals surface area contributed by atoms with Crippen molar-refractivity contribution in [3.05, 3.63) is 52.0 Å². The molecule has 1 unspecified atom stereocenters. The van der Waals surface area contributed by atoms with E-state index in [9.17, 15) is 4.79 Å². The van der Waals surface area contributed by atoms with Crippen LogP contribution in [0.5, 0.6) is 0 Å². The van der Waals surface area contributed by atoms with E-state index >= 15 is 0 Å². The lowest BCUT2D eigenvalue weighted by Crippen LogP contribution is -2.08. The lowest BCUT2D eigenvalue weighted by atomic mass is 10.1. The van der Waals surface area contributed by atoms with Gasteiger partial charge < -0.3 is 4.74 Å². The van der Waals surface area contributed by atoms with Crippen molar-refractivity contribution in [1.29, 1.82) is 0 Å². The second-order valence-corrected chi connectivity index (χ2v) is 4.39. The van der Waals surface area contributed by atoms with Crippen molar-refractivity contribution in [3.63, 3.8) is 0 Å². The first-order valence-electron chi connectivity index (χ1n) is 5.16. The second-order valence-electron chi connectivity index (χ2n) is 3.60. The molecule has 1 aliphatic heterocycles. The Balaban J connectivity index is 1.97. The minimum atomic E-state index is -0.547. The van der Waals surface area contributed by atoms with E-state index in [1.807, 2.05) is 42.5 Å². The molecule has 0 amide bonds. The fourth-order valence-electron chi connectivity index (χ4n) is 1.51. The zero-order valence-electron chi connectivity index (χ0n) is 8.90. The summed E-state index contributed by atoms with van der Waals surface area (Å²) < 4.78 is 5.00. The monoisotopic (exact) mass is 268 g/mol. The third-order valence-electron chi connectivity index (χ3n) is 2.38. The topological polar surface area (TPSA) is 26.3 Å². The molecule has 0 bridgehead atoms. The van der Waals surface area contributed by atoms with Gasteiger partial charge in [0.1, 0.15) is 11.1 Å². The lowest BCUT2D eigenvalue weighted by Gasteiger charge is -2.06. The van der Waals surface area contributed by atoms with Gasteiger partial charge in [0.25, 0.3) is 0 Å². The molecule has 2 nitrogen and oxygen atoms in total. The van der Waals surface area contributed by atoms with Gasteiger partial charge in [0.2, 0.25) is 0 Å². The van der Waals surface area contributed by atoms with Crippen molar-refractivity contribution in [2.45, 2.75) is 12.5 Å². The van der Waals surface area contributed by atoms with E-state index < -0.39 is 12.1 Å². The van der Waals surface area contributed by atoms with Crippen LogP contribution in [-0.4, -0.2) is 12.1 Å². The third kappa shape index (κ3) is 2.90. The number of benzene rings is 1. The van der Waals surface area contributed by atoms with Crippen LogP contribution in [0, 0.1) is 0 Å². The highest BCUT2D eigenvalue weighted by Crippen LogP contribution is 2.30. The van der Waals surface area contributed by atoms with E-state index in [2.05, 4.69) is 0 Å². The molecule has 0 fully saturated rings. The van der Waals surface area contributed by atoms with E-state index in [-0.39, 0.29) is 10.1 Å². The Morgan fingerprint density at radius 1 is 1.24 bits per heavy atom. The van der Waals surface area contributed by atoms with Crippen LogP contribution in [0.15, 0.2) is 46.5 Å². The quantitative estimate of drug-likeness (QED) is 0.782. The molecule has 0 radical (unpaired) electrons. The number of esters is 1. The van der Waals surface area contributed by atoms with Gasteiger partial charge >= 0.3 is 5.97 Å². The summed E-state index contributed by atoms with van der Waals surface area (Å²) in [6, 6.07) is 9.84. The number of carbonyl (C=O) groups is 1. The molecule has 0 aromatic heterocycles. The van der Waals surface area contributed by atoms with Crippen molar-refractivity contribution in [2.75, 3.05) is 0 Å². The minimum Gasteiger partial charge on any atom is -0.452 e. The van der Waals surface area contributed by atoms with E-state index in [1.54, 1.807) is 0 Å². The van der Waals surface area contributed by atoms with Crippen LogP contribution in [0.2, 0.25) is 0 Å². The minimum absolute atomic E-state index is 0.00947. The summed E-state index contributed by atoms with van der Waals surface area (Å²) in [5, 5.41) is 0.277. The molecule has 0 saturated carbocycles. The maximum absolute atomic E-state index is 11.1. The summed E-state index contributed by atoms with van der Waals surface area (Å²) in [6.45, 7) is 0. The van der Waals surface area contributed by atoms with Crippen molar-refractivity contribution in [1.82, 2.24) is 0 Å². The van der Waals surface area contributed by atoms with Gasteiger partial charge in [0.05, 0.1) is 5.03 Å². The number of cyclic esters (lactones) is 1. The van der Waals surface area contributed by atoms with Crippen LogP contribution < -0.4 is 0 Å². The average Bonchev–Trinajstić information content (AvgIpc) is 2.59. The Hall–Kier alpha value is -1.25. The third-order valence-corrected chi connectivity index (χ3v) is 3.27. The van der Waals surface area contributed by atoms with Gasteiger partial charge in [-0.2, -0.15) is 0 Å². The Labute approximate surface area is 109 Å². The first-order valence-corrected chi connectivity index (χ1v) is 5.92. The SMILES string of the molecule is O=C1OC(C/C=C/c2ccccc2)C(Cl)=C1Cl. The summed E-state index contributed by atoms with van der Waals surface area (Å²) in [5.41, 5.74) is 1.09. The average molecular weight is 269 g/mol. The molecule has 2 rings (SSSR count). The van der Waals surface area contributed by atoms with Crippen molar-refractivity contribution < 1.29 is 9.53 Å². The molecule has 1 aromatic carbocycles. The van der Waals surface area contributed by atoms with E-state index in [0.29, 0.717) is 6.42 Å². The smallest absolute Gasteiger partial charge is 0.351 e. The normalized spacial score (nSPS) is 20.1. The molecule has 0 spiro atoms. The highest BCUT2D eigenvalue weighted by molar-refractivity contribution is 6.48. The maximum atomic E-state index is 11.1. The number of carbonyl (C=O) groups excluding carboxylic acids is 1. The maximum Gasteiger partial charge on any atom is 0.351 e. The first kappa shape index (κ1) is 12.2. The fraction of sp³-hybridized carbons (Fsp3) is 0.154. The lowest BCUT2D eigenvalue weighted by molar-refractivity contribution is -0.138. The molecule has 4 heteroatoms. The van der Waals surface area contributed by atoms with Crippen molar-refractivity contribution in [3.8, 4) is 0 Å². The zero-order chi connectivity index (χ0) is 12.3. The Kier molecular flexibility index (Phi) is 3.87. The second kappa shape index (κ2) is 5.39.